The van der Waals surface area contributed by atoms with Crippen molar-refractivity contribution >= 4 is 5.82 Å². The number of nitrogens with zero attached hydrogens (tertiary/aromatic N) is 5. The maximum atomic E-state index is 11.8. The molecule has 6 nitrogen and oxygen atoms in total. The van der Waals surface area contributed by atoms with Gasteiger partial charge in [-0.2, -0.15) is 5.10 Å². The molecule has 0 radical (unpaired) electrons. The first-order valence-corrected chi connectivity index (χ1v) is 6.82. The number of aromatic nitrogens is 4. The highest BCUT2D eigenvalue weighted by Crippen LogP contribution is 2.24. The lowest BCUT2D eigenvalue weighted by molar-refractivity contribution is 0.487. The lowest BCUT2D eigenvalue weighted by atomic mass is 10.2. The van der Waals surface area contributed by atoms with Gasteiger partial charge in [0.25, 0.3) is 5.56 Å². The molecule has 2 aromatic rings. The molecule has 6 heteroatoms. The summed E-state index contributed by atoms with van der Waals surface area (Å²) in [6.07, 6.45) is 5.58. The molecule has 0 saturated carbocycles. The molecule has 3 rings (SSSR count). The summed E-state index contributed by atoms with van der Waals surface area (Å²) >= 11 is 0. The first-order chi connectivity index (χ1) is 9.74. The zero-order valence-electron chi connectivity index (χ0n) is 11.4. The van der Waals surface area contributed by atoms with Crippen molar-refractivity contribution in [1.82, 2.24) is 19.7 Å². The normalized spacial score (nSPS) is 18.4. The van der Waals surface area contributed by atoms with Crippen molar-refractivity contribution in [2.45, 2.75) is 32.4 Å². The highest BCUT2D eigenvalue weighted by atomic mass is 16.1. The highest BCUT2D eigenvalue weighted by Gasteiger charge is 2.26. The van der Waals surface area contributed by atoms with E-state index in [1.165, 1.54) is 4.68 Å². The van der Waals surface area contributed by atoms with E-state index in [1.54, 1.807) is 24.5 Å². The standard InChI is InChI=1S/C14H17N5O/c1-11-15-8-6-13(17-11)18-9-3-4-12(18)10-19-14(20)5-2-7-16-19/h2,5-8,12H,3-4,9-10H2,1H3. The fourth-order valence-corrected chi connectivity index (χ4v) is 2.65. The van der Waals surface area contributed by atoms with E-state index in [1.807, 2.05) is 13.0 Å². The van der Waals surface area contributed by atoms with Crippen molar-refractivity contribution in [3.63, 3.8) is 0 Å². The third-order valence-corrected chi connectivity index (χ3v) is 3.60. The fourth-order valence-electron chi connectivity index (χ4n) is 2.65. The van der Waals surface area contributed by atoms with Crippen molar-refractivity contribution in [2.24, 2.45) is 0 Å². The second-order valence-electron chi connectivity index (χ2n) is 5.00. The van der Waals surface area contributed by atoms with E-state index in [4.69, 9.17) is 0 Å². The van der Waals surface area contributed by atoms with Gasteiger partial charge >= 0.3 is 0 Å². The Morgan fingerprint density at radius 2 is 2.25 bits per heavy atom. The second kappa shape index (κ2) is 5.40. The second-order valence-corrected chi connectivity index (χ2v) is 5.00. The van der Waals surface area contributed by atoms with Crippen molar-refractivity contribution in [2.75, 3.05) is 11.4 Å². The van der Waals surface area contributed by atoms with Crippen molar-refractivity contribution in [3.8, 4) is 0 Å². The van der Waals surface area contributed by atoms with E-state index >= 15 is 0 Å². The Kier molecular flexibility index (Phi) is 3.45. The fraction of sp³-hybridized carbons (Fsp3) is 0.429. The van der Waals surface area contributed by atoms with Crippen LogP contribution in [0.1, 0.15) is 18.7 Å². The van der Waals surface area contributed by atoms with Crippen LogP contribution in [0, 0.1) is 6.92 Å². The summed E-state index contributed by atoms with van der Waals surface area (Å²) in [5.74, 6) is 1.70. The van der Waals surface area contributed by atoms with Gasteiger partial charge in [0.15, 0.2) is 0 Å². The Morgan fingerprint density at radius 1 is 1.35 bits per heavy atom. The number of hydrogen-bond donors (Lipinski definition) is 0. The van der Waals surface area contributed by atoms with Crippen LogP contribution in [0.3, 0.4) is 0 Å². The summed E-state index contributed by atoms with van der Waals surface area (Å²) in [7, 11) is 0. The van der Waals surface area contributed by atoms with E-state index < -0.39 is 0 Å². The summed E-state index contributed by atoms with van der Waals surface area (Å²) in [4.78, 5) is 22.6. The zero-order valence-corrected chi connectivity index (χ0v) is 11.4. The molecule has 1 fully saturated rings. The van der Waals surface area contributed by atoms with Gasteiger partial charge in [-0.05, 0) is 31.9 Å². The van der Waals surface area contributed by atoms with Gasteiger partial charge in [0.1, 0.15) is 11.6 Å². The number of hydrogen-bond acceptors (Lipinski definition) is 5. The molecular weight excluding hydrogens is 254 g/mol. The minimum atomic E-state index is -0.0572. The molecule has 1 saturated heterocycles. The lowest BCUT2D eigenvalue weighted by Gasteiger charge is -2.25. The van der Waals surface area contributed by atoms with Gasteiger partial charge in [0.2, 0.25) is 0 Å². The molecule has 0 spiro atoms. The maximum Gasteiger partial charge on any atom is 0.266 e. The first-order valence-electron chi connectivity index (χ1n) is 6.82. The van der Waals surface area contributed by atoms with E-state index in [9.17, 15) is 4.79 Å². The third kappa shape index (κ3) is 2.54. The molecule has 0 amide bonds. The van der Waals surface area contributed by atoms with Crippen molar-refractivity contribution in [3.05, 3.63) is 46.8 Å². The Labute approximate surface area is 117 Å². The van der Waals surface area contributed by atoms with Crippen LogP contribution in [0.5, 0.6) is 0 Å². The summed E-state index contributed by atoms with van der Waals surface area (Å²) in [6.45, 7) is 3.45. The van der Waals surface area contributed by atoms with Crippen LogP contribution in [0.2, 0.25) is 0 Å². The quantitative estimate of drug-likeness (QED) is 0.833. The van der Waals surface area contributed by atoms with Crippen LogP contribution in [0.15, 0.2) is 35.4 Å². The number of anilines is 1. The average Bonchev–Trinajstić information content (AvgIpc) is 2.90. The number of rotatable bonds is 3. The topological polar surface area (TPSA) is 63.9 Å². The number of aryl methyl sites for hydroxylation is 1. The Hall–Kier alpha value is -2.24. The minimum absolute atomic E-state index is 0.0572. The summed E-state index contributed by atoms with van der Waals surface area (Å²) in [5, 5.41) is 4.13. The zero-order chi connectivity index (χ0) is 13.9. The van der Waals surface area contributed by atoms with Crippen LogP contribution in [0.4, 0.5) is 5.82 Å². The van der Waals surface area contributed by atoms with Crippen LogP contribution < -0.4 is 10.5 Å². The van der Waals surface area contributed by atoms with E-state index in [-0.39, 0.29) is 11.6 Å². The van der Waals surface area contributed by atoms with Crippen molar-refractivity contribution in [1.29, 1.82) is 0 Å². The Balaban J connectivity index is 1.83. The molecular formula is C14H17N5O. The first kappa shape index (κ1) is 12.8. The van der Waals surface area contributed by atoms with Crippen molar-refractivity contribution < 1.29 is 0 Å². The molecule has 1 unspecified atom stereocenters. The summed E-state index contributed by atoms with van der Waals surface area (Å²) in [5.41, 5.74) is -0.0572. The molecule has 3 heterocycles. The molecule has 0 bridgehead atoms. The Bertz CT molecular complexity index is 654. The summed E-state index contributed by atoms with van der Waals surface area (Å²) < 4.78 is 1.52. The van der Waals surface area contributed by atoms with Gasteiger partial charge in [-0.25, -0.2) is 14.6 Å². The molecule has 20 heavy (non-hydrogen) atoms. The predicted molar refractivity (Wildman–Crippen MR) is 75.6 cm³/mol. The molecule has 2 aromatic heterocycles. The van der Waals surface area contributed by atoms with Crippen LogP contribution in [0.25, 0.3) is 0 Å². The van der Waals surface area contributed by atoms with Crippen LogP contribution in [-0.4, -0.2) is 32.3 Å². The predicted octanol–water partition coefficient (Wildman–Crippen LogP) is 1.01. The van der Waals surface area contributed by atoms with Gasteiger partial charge in [-0.3, -0.25) is 4.79 Å². The molecule has 1 aliphatic rings. The van der Waals surface area contributed by atoms with E-state index in [0.29, 0.717) is 6.54 Å². The molecule has 1 aliphatic heterocycles. The van der Waals surface area contributed by atoms with Gasteiger partial charge in [0, 0.05) is 25.0 Å². The van der Waals surface area contributed by atoms with E-state index in [0.717, 1.165) is 31.0 Å². The van der Waals surface area contributed by atoms with Crippen LogP contribution in [-0.2, 0) is 6.54 Å². The Morgan fingerprint density at radius 3 is 3.05 bits per heavy atom. The molecule has 104 valence electrons. The van der Waals surface area contributed by atoms with Crippen LogP contribution >= 0.6 is 0 Å². The monoisotopic (exact) mass is 271 g/mol. The van der Waals surface area contributed by atoms with Gasteiger partial charge in [0.05, 0.1) is 12.6 Å². The SMILES string of the molecule is Cc1nccc(N2CCCC2Cn2ncccc2=O)n1. The van der Waals surface area contributed by atoms with Gasteiger partial charge in [-0.1, -0.05) is 0 Å². The molecule has 0 N–H and O–H groups in total. The largest absolute Gasteiger partial charge is 0.352 e. The third-order valence-electron chi connectivity index (χ3n) is 3.60. The molecule has 1 atom stereocenters. The smallest absolute Gasteiger partial charge is 0.266 e. The highest BCUT2D eigenvalue weighted by molar-refractivity contribution is 5.40. The molecule has 0 aromatic carbocycles. The van der Waals surface area contributed by atoms with Gasteiger partial charge < -0.3 is 4.90 Å². The van der Waals surface area contributed by atoms with E-state index in [2.05, 4.69) is 20.0 Å². The lowest BCUT2D eigenvalue weighted by Crippen LogP contribution is -2.37. The molecule has 0 aliphatic carbocycles. The maximum absolute atomic E-state index is 11.8. The minimum Gasteiger partial charge on any atom is -0.352 e. The average molecular weight is 271 g/mol. The summed E-state index contributed by atoms with van der Waals surface area (Å²) in [6, 6.07) is 5.39. The van der Waals surface area contributed by atoms with Gasteiger partial charge in [-0.15, -0.1) is 0 Å².